The summed E-state index contributed by atoms with van der Waals surface area (Å²) in [6.45, 7) is 7.26. The quantitative estimate of drug-likeness (QED) is 0.851. The Bertz CT molecular complexity index is 598. The smallest absolute Gasteiger partial charge is 0.131 e. The van der Waals surface area contributed by atoms with Crippen molar-refractivity contribution in [1.29, 1.82) is 0 Å². The fourth-order valence-electron chi connectivity index (χ4n) is 2.33. The molecule has 2 aromatic carbocycles. The first-order valence-corrected chi connectivity index (χ1v) is 7.31. The van der Waals surface area contributed by atoms with E-state index in [1.54, 1.807) is 6.07 Å². The molecule has 2 nitrogen and oxygen atoms in total. The summed E-state index contributed by atoms with van der Waals surface area (Å²) in [6.07, 6.45) is 0. The van der Waals surface area contributed by atoms with E-state index in [4.69, 9.17) is 4.74 Å². The third-order valence-electron chi connectivity index (χ3n) is 3.44. The maximum atomic E-state index is 14.1. The second-order valence-electron chi connectivity index (χ2n) is 5.24. The lowest BCUT2D eigenvalue weighted by atomic mass is 10.1. The summed E-state index contributed by atoms with van der Waals surface area (Å²) >= 11 is 0. The molecule has 0 amide bonds. The zero-order valence-corrected chi connectivity index (χ0v) is 12.8. The zero-order valence-electron chi connectivity index (χ0n) is 12.8. The van der Waals surface area contributed by atoms with Gasteiger partial charge in [-0.1, -0.05) is 42.8 Å². The second-order valence-corrected chi connectivity index (χ2v) is 5.24. The lowest BCUT2D eigenvalue weighted by Gasteiger charge is -2.15. The maximum absolute atomic E-state index is 14.1. The Hall–Kier alpha value is -1.87. The molecule has 0 aliphatic carbocycles. The van der Waals surface area contributed by atoms with Gasteiger partial charge in [0, 0.05) is 17.7 Å². The van der Waals surface area contributed by atoms with E-state index in [9.17, 15) is 4.39 Å². The van der Waals surface area contributed by atoms with E-state index in [2.05, 4.69) is 11.4 Å². The molecule has 0 heterocycles. The second kappa shape index (κ2) is 7.23. The number of hydrogen-bond donors (Lipinski definition) is 1. The van der Waals surface area contributed by atoms with Gasteiger partial charge in [-0.3, -0.25) is 0 Å². The number of nitrogens with one attached hydrogen (secondary N) is 1. The van der Waals surface area contributed by atoms with Crippen LogP contribution in [0.2, 0.25) is 0 Å². The van der Waals surface area contributed by atoms with Crippen molar-refractivity contribution in [3.05, 3.63) is 65.0 Å². The van der Waals surface area contributed by atoms with Gasteiger partial charge in [-0.05, 0) is 32.0 Å². The van der Waals surface area contributed by atoms with Gasteiger partial charge in [0.25, 0.3) is 0 Å². The first-order chi connectivity index (χ1) is 10.1. The molecule has 0 saturated carbocycles. The van der Waals surface area contributed by atoms with E-state index in [0.29, 0.717) is 17.9 Å². The van der Waals surface area contributed by atoms with Gasteiger partial charge in [0.05, 0.1) is 0 Å². The Morgan fingerprint density at radius 1 is 1.19 bits per heavy atom. The lowest BCUT2D eigenvalue weighted by molar-refractivity contribution is 0.304. The third-order valence-corrected chi connectivity index (χ3v) is 3.44. The fourth-order valence-corrected chi connectivity index (χ4v) is 2.33. The summed E-state index contributed by atoms with van der Waals surface area (Å²) < 4.78 is 19.8. The van der Waals surface area contributed by atoms with E-state index in [-0.39, 0.29) is 11.9 Å². The molecule has 0 aromatic heterocycles. The Balaban J connectivity index is 2.03. The molecule has 0 aliphatic heterocycles. The van der Waals surface area contributed by atoms with Crippen molar-refractivity contribution >= 4 is 0 Å². The number of rotatable bonds is 6. The lowest BCUT2D eigenvalue weighted by Crippen LogP contribution is -2.18. The predicted octanol–water partition coefficient (Wildman–Crippen LogP) is 4.38. The molecule has 112 valence electrons. The molecule has 2 rings (SSSR count). The average molecular weight is 287 g/mol. The predicted molar refractivity (Wildman–Crippen MR) is 84.0 cm³/mol. The highest BCUT2D eigenvalue weighted by Crippen LogP contribution is 2.22. The zero-order chi connectivity index (χ0) is 15.2. The summed E-state index contributed by atoms with van der Waals surface area (Å²) in [5.74, 6) is 0.326. The van der Waals surface area contributed by atoms with Crippen LogP contribution in [0.15, 0.2) is 42.5 Å². The minimum absolute atomic E-state index is 0.000762. The molecule has 3 heteroatoms. The molecule has 1 unspecified atom stereocenters. The minimum atomic E-state index is -0.231. The molecule has 0 radical (unpaired) electrons. The molecule has 0 bridgehead atoms. The molecule has 21 heavy (non-hydrogen) atoms. The summed E-state index contributed by atoms with van der Waals surface area (Å²) in [5, 5.41) is 3.21. The Kier molecular flexibility index (Phi) is 5.34. The van der Waals surface area contributed by atoms with Crippen molar-refractivity contribution in [1.82, 2.24) is 5.32 Å². The van der Waals surface area contributed by atoms with E-state index in [1.807, 2.05) is 45.0 Å². The van der Waals surface area contributed by atoms with Gasteiger partial charge in [0.15, 0.2) is 0 Å². The van der Waals surface area contributed by atoms with E-state index < -0.39 is 0 Å². The largest absolute Gasteiger partial charge is 0.489 e. The summed E-state index contributed by atoms with van der Waals surface area (Å²) in [7, 11) is 0. The number of ether oxygens (including phenoxy) is 1. The molecular weight excluding hydrogens is 265 g/mol. The minimum Gasteiger partial charge on any atom is -0.489 e. The Morgan fingerprint density at radius 2 is 2.00 bits per heavy atom. The molecule has 0 fully saturated rings. The molecule has 0 saturated heterocycles. The van der Waals surface area contributed by atoms with Crippen molar-refractivity contribution in [3.8, 4) is 5.75 Å². The van der Waals surface area contributed by atoms with Gasteiger partial charge in [0.1, 0.15) is 18.2 Å². The summed E-state index contributed by atoms with van der Waals surface area (Å²) in [5.41, 5.74) is 2.94. The first-order valence-electron chi connectivity index (χ1n) is 7.31. The van der Waals surface area contributed by atoms with Crippen molar-refractivity contribution in [2.75, 3.05) is 6.54 Å². The van der Waals surface area contributed by atoms with Crippen LogP contribution in [0.1, 0.15) is 36.6 Å². The highest BCUT2D eigenvalue weighted by Gasteiger charge is 2.10. The highest BCUT2D eigenvalue weighted by molar-refractivity contribution is 5.31. The Labute approximate surface area is 126 Å². The molecule has 0 spiro atoms. The van der Waals surface area contributed by atoms with Crippen molar-refractivity contribution in [2.45, 2.75) is 33.4 Å². The van der Waals surface area contributed by atoms with E-state index >= 15 is 0 Å². The fraction of sp³-hybridized carbons (Fsp3) is 0.333. The number of aryl methyl sites for hydroxylation is 1. The maximum Gasteiger partial charge on any atom is 0.131 e. The van der Waals surface area contributed by atoms with Crippen LogP contribution in [0.4, 0.5) is 4.39 Å². The number of hydrogen-bond acceptors (Lipinski definition) is 2. The van der Waals surface area contributed by atoms with E-state index in [1.165, 1.54) is 11.6 Å². The highest BCUT2D eigenvalue weighted by atomic mass is 19.1. The Morgan fingerprint density at radius 3 is 2.67 bits per heavy atom. The van der Waals surface area contributed by atoms with Gasteiger partial charge >= 0.3 is 0 Å². The third kappa shape index (κ3) is 4.30. The van der Waals surface area contributed by atoms with Crippen LogP contribution in [0.3, 0.4) is 0 Å². The molecule has 1 N–H and O–H groups in total. The topological polar surface area (TPSA) is 21.3 Å². The van der Waals surface area contributed by atoms with Gasteiger partial charge in [0.2, 0.25) is 0 Å². The summed E-state index contributed by atoms with van der Waals surface area (Å²) in [6, 6.07) is 13.2. The first kappa shape index (κ1) is 15.5. The van der Waals surface area contributed by atoms with Gasteiger partial charge in [-0.2, -0.15) is 0 Å². The molecule has 2 aromatic rings. The monoisotopic (exact) mass is 287 g/mol. The van der Waals surface area contributed by atoms with Crippen LogP contribution in [-0.2, 0) is 6.61 Å². The van der Waals surface area contributed by atoms with Crippen LogP contribution in [0.25, 0.3) is 0 Å². The van der Waals surface area contributed by atoms with E-state index in [0.717, 1.165) is 12.1 Å². The molecular formula is C18H22FNO. The van der Waals surface area contributed by atoms with Gasteiger partial charge in [-0.15, -0.1) is 0 Å². The molecule has 1 atom stereocenters. The van der Waals surface area contributed by atoms with Gasteiger partial charge < -0.3 is 10.1 Å². The van der Waals surface area contributed by atoms with Crippen molar-refractivity contribution in [3.63, 3.8) is 0 Å². The van der Waals surface area contributed by atoms with Crippen LogP contribution in [-0.4, -0.2) is 6.54 Å². The van der Waals surface area contributed by atoms with Crippen LogP contribution >= 0.6 is 0 Å². The van der Waals surface area contributed by atoms with Crippen LogP contribution in [0.5, 0.6) is 5.75 Å². The van der Waals surface area contributed by atoms with Crippen molar-refractivity contribution < 1.29 is 9.13 Å². The SMILES string of the molecule is CCNC(C)c1ccc(OCc2cccc(C)c2)cc1F. The van der Waals surface area contributed by atoms with Crippen LogP contribution in [0, 0.1) is 12.7 Å². The van der Waals surface area contributed by atoms with Crippen LogP contribution < -0.4 is 10.1 Å². The standard InChI is InChI=1S/C18H22FNO/c1-4-20-14(3)17-9-8-16(11-18(17)19)21-12-15-7-5-6-13(2)10-15/h5-11,14,20H,4,12H2,1-3H3. The number of halogens is 1. The normalized spacial score (nSPS) is 12.2. The van der Waals surface area contributed by atoms with Gasteiger partial charge in [-0.25, -0.2) is 4.39 Å². The average Bonchev–Trinajstić information content (AvgIpc) is 2.45. The number of benzene rings is 2. The molecule has 0 aliphatic rings. The summed E-state index contributed by atoms with van der Waals surface area (Å²) in [4.78, 5) is 0. The van der Waals surface area contributed by atoms with Crippen molar-refractivity contribution in [2.24, 2.45) is 0 Å².